The number of aryl methyl sites for hydroxylation is 1. The number of ether oxygens (including phenoxy) is 3. The molecule has 2 aromatic carbocycles. The second-order valence-electron chi connectivity index (χ2n) is 7.27. The molecule has 0 amide bonds. The molecule has 0 fully saturated rings. The summed E-state index contributed by atoms with van der Waals surface area (Å²) in [5, 5.41) is 30.2. The van der Waals surface area contributed by atoms with Crippen molar-refractivity contribution >= 4 is 28.4 Å². The molecular weight excluding hydrogens is 452 g/mol. The lowest BCUT2D eigenvalue weighted by atomic mass is 10.2. The standard InChI is InChI=1S/C23H18O11/c1-11-2-15(28)22-17(3-12(25)5-19(22)33-11)30-8-14(27)9-31-18-4-13(26)6-20-23(18)16(29)7-21(34-20)32-10-24/h2-7,10,14,25-27H,8-9H2,1H3. The molecule has 0 bridgehead atoms. The Kier molecular flexibility index (Phi) is 6.11. The Morgan fingerprint density at radius 2 is 1.38 bits per heavy atom. The van der Waals surface area contributed by atoms with Crippen molar-refractivity contribution < 1.29 is 43.2 Å². The van der Waals surface area contributed by atoms with E-state index in [1.807, 2.05) is 0 Å². The van der Waals surface area contributed by atoms with Gasteiger partial charge in [-0.3, -0.25) is 14.4 Å². The van der Waals surface area contributed by atoms with Crippen LogP contribution in [0, 0.1) is 6.92 Å². The second kappa shape index (κ2) is 9.16. The number of aliphatic hydroxyl groups is 1. The maximum absolute atomic E-state index is 12.4. The minimum atomic E-state index is -1.24. The summed E-state index contributed by atoms with van der Waals surface area (Å²) in [5.74, 6) is -0.579. The van der Waals surface area contributed by atoms with Gasteiger partial charge >= 0.3 is 6.47 Å². The highest BCUT2D eigenvalue weighted by Crippen LogP contribution is 2.31. The van der Waals surface area contributed by atoms with Crippen molar-refractivity contribution in [3.63, 3.8) is 0 Å². The fourth-order valence-corrected chi connectivity index (χ4v) is 3.33. The smallest absolute Gasteiger partial charge is 0.300 e. The molecule has 2 aromatic heterocycles. The van der Waals surface area contributed by atoms with Crippen molar-refractivity contribution in [2.45, 2.75) is 13.0 Å². The summed E-state index contributed by atoms with van der Waals surface area (Å²) in [5.41, 5.74) is -0.956. The molecule has 0 aliphatic rings. The van der Waals surface area contributed by atoms with Crippen LogP contribution >= 0.6 is 0 Å². The second-order valence-corrected chi connectivity index (χ2v) is 7.27. The number of rotatable bonds is 8. The fourth-order valence-electron chi connectivity index (χ4n) is 3.33. The number of hydrogen-bond acceptors (Lipinski definition) is 11. The van der Waals surface area contributed by atoms with E-state index < -0.39 is 11.5 Å². The molecule has 0 radical (unpaired) electrons. The molecule has 1 atom stereocenters. The van der Waals surface area contributed by atoms with E-state index in [0.717, 1.165) is 18.2 Å². The summed E-state index contributed by atoms with van der Waals surface area (Å²) >= 11 is 0. The molecule has 11 nitrogen and oxygen atoms in total. The first-order valence-electron chi connectivity index (χ1n) is 9.87. The van der Waals surface area contributed by atoms with Crippen LogP contribution in [0.4, 0.5) is 0 Å². The van der Waals surface area contributed by atoms with Gasteiger partial charge in [-0.15, -0.1) is 0 Å². The van der Waals surface area contributed by atoms with E-state index in [1.165, 1.54) is 18.2 Å². The number of carbonyl (C=O) groups is 1. The minimum Gasteiger partial charge on any atom is -0.508 e. The molecule has 0 aliphatic carbocycles. The average molecular weight is 470 g/mol. The van der Waals surface area contributed by atoms with Crippen LogP contribution < -0.4 is 25.1 Å². The fraction of sp³-hybridized carbons (Fsp3) is 0.174. The topological polar surface area (TPSA) is 166 Å². The first-order chi connectivity index (χ1) is 16.2. The van der Waals surface area contributed by atoms with Gasteiger partial charge in [-0.25, -0.2) is 0 Å². The van der Waals surface area contributed by atoms with Crippen LogP contribution in [0.2, 0.25) is 0 Å². The van der Waals surface area contributed by atoms with E-state index in [9.17, 15) is 29.7 Å². The zero-order valence-electron chi connectivity index (χ0n) is 17.6. The van der Waals surface area contributed by atoms with Crippen LogP contribution in [0.25, 0.3) is 21.9 Å². The Balaban J connectivity index is 1.52. The monoisotopic (exact) mass is 470 g/mol. The molecule has 1 unspecified atom stereocenters. The van der Waals surface area contributed by atoms with Crippen LogP contribution in [0.3, 0.4) is 0 Å². The molecular formula is C23H18O11. The van der Waals surface area contributed by atoms with E-state index in [-0.39, 0.29) is 76.0 Å². The van der Waals surface area contributed by atoms with Crippen LogP contribution in [-0.4, -0.2) is 41.1 Å². The van der Waals surface area contributed by atoms with Crippen LogP contribution in [0.5, 0.6) is 28.9 Å². The maximum Gasteiger partial charge on any atom is 0.300 e. The quantitative estimate of drug-likeness (QED) is 0.322. The number of aliphatic hydroxyl groups excluding tert-OH is 1. The largest absolute Gasteiger partial charge is 0.508 e. The van der Waals surface area contributed by atoms with E-state index in [1.54, 1.807) is 6.92 Å². The first-order valence-corrected chi connectivity index (χ1v) is 9.87. The molecule has 3 N–H and O–H groups in total. The van der Waals surface area contributed by atoms with Crippen molar-refractivity contribution in [1.82, 2.24) is 0 Å². The number of phenolic OH excluding ortho intramolecular Hbond substituents is 2. The lowest BCUT2D eigenvalue weighted by molar-refractivity contribution is -0.121. The zero-order chi connectivity index (χ0) is 24.4. The summed E-state index contributed by atoms with van der Waals surface area (Å²) in [6.07, 6.45) is -1.24. The molecule has 34 heavy (non-hydrogen) atoms. The molecule has 0 spiro atoms. The first kappa shape index (κ1) is 22.7. The summed E-state index contributed by atoms with van der Waals surface area (Å²) in [6, 6.07) is 7.00. The van der Waals surface area contributed by atoms with Gasteiger partial charge in [0, 0.05) is 30.3 Å². The summed E-state index contributed by atoms with van der Waals surface area (Å²) in [7, 11) is 0. The van der Waals surface area contributed by atoms with Gasteiger partial charge in [0.25, 0.3) is 5.95 Å². The molecule has 0 aliphatic heterocycles. The number of aromatic hydroxyl groups is 2. The van der Waals surface area contributed by atoms with E-state index in [2.05, 4.69) is 4.74 Å². The summed E-state index contributed by atoms with van der Waals surface area (Å²) < 4.78 is 26.2. The van der Waals surface area contributed by atoms with Crippen LogP contribution in [0.1, 0.15) is 5.76 Å². The van der Waals surface area contributed by atoms with Gasteiger partial charge in [0.05, 0.1) is 6.07 Å². The van der Waals surface area contributed by atoms with Crippen molar-refractivity contribution in [1.29, 1.82) is 0 Å². The molecule has 4 aromatic rings. The Labute approximate surface area is 189 Å². The number of benzene rings is 2. The highest BCUT2D eigenvalue weighted by atomic mass is 16.6. The van der Waals surface area contributed by atoms with Crippen LogP contribution in [0.15, 0.2) is 54.8 Å². The van der Waals surface area contributed by atoms with Crippen LogP contribution in [-0.2, 0) is 4.79 Å². The van der Waals surface area contributed by atoms with E-state index in [4.69, 9.17) is 18.3 Å². The maximum atomic E-state index is 12.4. The normalized spacial score (nSPS) is 11.9. The number of hydrogen-bond donors (Lipinski definition) is 3. The molecule has 0 saturated heterocycles. The van der Waals surface area contributed by atoms with Gasteiger partial charge in [-0.2, -0.15) is 0 Å². The van der Waals surface area contributed by atoms with Crippen molar-refractivity contribution in [3.8, 4) is 28.9 Å². The predicted molar refractivity (Wildman–Crippen MR) is 117 cm³/mol. The van der Waals surface area contributed by atoms with Gasteiger partial charge in [-0.05, 0) is 6.92 Å². The molecule has 2 heterocycles. The highest BCUT2D eigenvalue weighted by Gasteiger charge is 2.17. The summed E-state index contributed by atoms with van der Waals surface area (Å²) in [6.45, 7) is 0.972. The van der Waals surface area contributed by atoms with E-state index >= 15 is 0 Å². The highest BCUT2D eigenvalue weighted by molar-refractivity contribution is 5.86. The average Bonchev–Trinajstić information content (AvgIpc) is 2.74. The zero-order valence-corrected chi connectivity index (χ0v) is 17.6. The SMILES string of the molecule is Cc1cc(=O)c2c(OCC(O)COc3cc(O)cc4oc(OC=O)cc(=O)c34)cc(O)cc2o1. The number of fused-ring (bicyclic) bond motifs is 2. The number of phenols is 2. The van der Waals surface area contributed by atoms with Crippen molar-refractivity contribution in [2.75, 3.05) is 13.2 Å². The Morgan fingerprint density at radius 1 is 0.853 bits per heavy atom. The third kappa shape index (κ3) is 4.64. The van der Waals surface area contributed by atoms with Gasteiger partial charge in [0.1, 0.15) is 70.0 Å². The van der Waals surface area contributed by atoms with Gasteiger partial charge in [0.2, 0.25) is 0 Å². The third-order valence-electron chi connectivity index (χ3n) is 4.69. The lowest BCUT2D eigenvalue weighted by Crippen LogP contribution is -2.25. The predicted octanol–water partition coefficient (Wildman–Crippen LogP) is 1.97. The molecule has 4 rings (SSSR count). The van der Waals surface area contributed by atoms with Gasteiger partial charge in [-0.1, -0.05) is 0 Å². The molecule has 0 saturated carbocycles. The number of carbonyl (C=O) groups excluding carboxylic acids is 1. The molecule has 11 heteroatoms. The molecule has 176 valence electrons. The third-order valence-corrected chi connectivity index (χ3v) is 4.69. The lowest BCUT2D eigenvalue weighted by Gasteiger charge is -2.15. The Hall–Kier alpha value is -4.51. The van der Waals surface area contributed by atoms with E-state index in [0.29, 0.717) is 5.76 Å². The Bertz CT molecular complexity index is 1490. The van der Waals surface area contributed by atoms with Crippen molar-refractivity contribution in [2.24, 2.45) is 0 Å². The summed E-state index contributed by atoms with van der Waals surface area (Å²) in [4.78, 5) is 35.2. The Morgan fingerprint density at radius 3 is 1.94 bits per heavy atom. The minimum absolute atomic E-state index is 0.00829. The van der Waals surface area contributed by atoms with Gasteiger partial charge < -0.3 is 38.4 Å². The van der Waals surface area contributed by atoms with Gasteiger partial charge in [0.15, 0.2) is 10.9 Å². The van der Waals surface area contributed by atoms with Crippen molar-refractivity contribution in [3.05, 3.63) is 62.6 Å².